The number of likely N-dealkylation sites (tertiary alicyclic amines) is 1. The van der Waals surface area contributed by atoms with Crippen molar-refractivity contribution in [3.63, 3.8) is 0 Å². The number of hydrogen-bond acceptors (Lipinski definition) is 2. The maximum absolute atomic E-state index is 14.2. The van der Waals surface area contributed by atoms with Gasteiger partial charge in [-0.1, -0.05) is 12.5 Å². The summed E-state index contributed by atoms with van der Waals surface area (Å²) < 4.78 is 19.1. The van der Waals surface area contributed by atoms with Crippen LogP contribution in [0.15, 0.2) is 18.2 Å². The molecule has 2 bridgehead atoms. The van der Waals surface area contributed by atoms with Crippen LogP contribution in [-0.4, -0.2) is 31.0 Å². The first-order valence-electron chi connectivity index (χ1n) is 7.31. The number of ether oxygens (including phenoxy) is 1. The molecule has 2 fully saturated rings. The zero-order valence-electron chi connectivity index (χ0n) is 11.8. The van der Waals surface area contributed by atoms with Gasteiger partial charge in [-0.15, -0.1) is 0 Å². The fourth-order valence-electron chi connectivity index (χ4n) is 3.60. The first kappa shape index (κ1) is 13.4. The lowest BCUT2D eigenvalue weighted by Gasteiger charge is -2.41. The number of carbonyl (C=O) groups excluding carboxylic acids is 1. The molecular weight excluding hydrogens is 257 g/mol. The quantitative estimate of drug-likeness (QED) is 0.831. The Morgan fingerprint density at radius 2 is 2.00 bits per heavy atom. The van der Waals surface area contributed by atoms with Crippen molar-refractivity contribution in [3.8, 4) is 5.75 Å². The van der Waals surface area contributed by atoms with Crippen molar-refractivity contribution in [3.05, 3.63) is 29.6 Å². The van der Waals surface area contributed by atoms with Crippen molar-refractivity contribution in [2.45, 2.75) is 25.7 Å². The number of hydrogen-bond donors (Lipinski definition) is 0. The minimum Gasteiger partial charge on any atom is -0.494 e. The molecule has 3 rings (SSSR count). The van der Waals surface area contributed by atoms with Gasteiger partial charge < -0.3 is 9.64 Å². The largest absolute Gasteiger partial charge is 0.494 e. The Hall–Kier alpha value is -1.58. The van der Waals surface area contributed by atoms with Gasteiger partial charge in [0, 0.05) is 13.1 Å². The number of carbonyl (C=O) groups is 1. The van der Waals surface area contributed by atoms with E-state index in [9.17, 15) is 9.18 Å². The predicted molar refractivity (Wildman–Crippen MR) is 74.3 cm³/mol. The molecule has 1 aliphatic heterocycles. The molecule has 3 nitrogen and oxygen atoms in total. The minimum absolute atomic E-state index is 0.129. The van der Waals surface area contributed by atoms with Crippen molar-refractivity contribution in [2.24, 2.45) is 11.8 Å². The number of piperidine rings is 1. The second-order valence-electron chi connectivity index (χ2n) is 5.93. The molecule has 2 atom stereocenters. The monoisotopic (exact) mass is 277 g/mol. The number of amides is 1. The van der Waals surface area contributed by atoms with Gasteiger partial charge >= 0.3 is 0 Å². The lowest BCUT2D eigenvalue weighted by atomic mass is 9.78. The molecule has 1 aromatic carbocycles. The van der Waals surface area contributed by atoms with Crippen molar-refractivity contribution >= 4 is 5.91 Å². The summed E-state index contributed by atoms with van der Waals surface area (Å²) in [4.78, 5) is 14.4. The van der Waals surface area contributed by atoms with Crippen LogP contribution in [-0.2, 0) is 0 Å². The molecule has 1 heterocycles. The summed E-state index contributed by atoms with van der Waals surface area (Å²) >= 11 is 0. The van der Waals surface area contributed by atoms with Crippen LogP contribution in [0, 0.1) is 17.7 Å². The third-order valence-corrected chi connectivity index (χ3v) is 4.55. The van der Waals surface area contributed by atoms with Crippen LogP contribution in [0.3, 0.4) is 0 Å². The minimum atomic E-state index is -0.546. The molecule has 2 aliphatic rings. The van der Waals surface area contributed by atoms with E-state index in [1.165, 1.54) is 38.9 Å². The first-order valence-corrected chi connectivity index (χ1v) is 7.31. The van der Waals surface area contributed by atoms with Gasteiger partial charge in [-0.3, -0.25) is 4.79 Å². The molecule has 1 saturated heterocycles. The molecule has 20 heavy (non-hydrogen) atoms. The molecule has 0 aromatic heterocycles. The SMILES string of the molecule is COc1cccc(C(=O)N2CC3CCCC(C3)C2)c1F. The molecule has 1 aromatic rings. The van der Waals surface area contributed by atoms with Gasteiger partial charge in [0.05, 0.1) is 12.7 Å². The molecule has 108 valence electrons. The topological polar surface area (TPSA) is 29.5 Å². The summed E-state index contributed by atoms with van der Waals surface area (Å²) in [5.74, 6) is 0.585. The van der Waals surface area contributed by atoms with Crippen molar-refractivity contribution in [1.82, 2.24) is 4.90 Å². The average Bonchev–Trinajstić information content (AvgIpc) is 2.46. The molecule has 0 radical (unpaired) electrons. The van der Waals surface area contributed by atoms with E-state index in [2.05, 4.69) is 0 Å². The van der Waals surface area contributed by atoms with Crippen LogP contribution in [0.1, 0.15) is 36.0 Å². The Labute approximate surface area is 118 Å². The summed E-state index contributed by atoms with van der Waals surface area (Å²) in [5, 5.41) is 0. The smallest absolute Gasteiger partial charge is 0.256 e. The lowest BCUT2D eigenvalue weighted by molar-refractivity contribution is 0.0499. The predicted octanol–water partition coefficient (Wildman–Crippen LogP) is 3.10. The lowest BCUT2D eigenvalue weighted by Crippen LogP contribution is -2.45. The van der Waals surface area contributed by atoms with Gasteiger partial charge in [0.25, 0.3) is 5.91 Å². The number of halogens is 1. The van der Waals surface area contributed by atoms with Gasteiger partial charge in [0.15, 0.2) is 11.6 Å². The number of fused-ring (bicyclic) bond motifs is 2. The fourth-order valence-corrected chi connectivity index (χ4v) is 3.60. The molecule has 2 unspecified atom stereocenters. The molecule has 4 heteroatoms. The number of rotatable bonds is 2. The highest BCUT2D eigenvalue weighted by Gasteiger charge is 2.33. The van der Waals surface area contributed by atoms with Crippen LogP contribution >= 0.6 is 0 Å². The molecule has 0 spiro atoms. The van der Waals surface area contributed by atoms with Crippen LogP contribution in [0.5, 0.6) is 5.75 Å². The molecule has 1 aliphatic carbocycles. The second-order valence-corrected chi connectivity index (χ2v) is 5.93. The Morgan fingerprint density at radius 3 is 2.65 bits per heavy atom. The maximum Gasteiger partial charge on any atom is 0.256 e. The van der Waals surface area contributed by atoms with Crippen LogP contribution in [0.25, 0.3) is 0 Å². The summed E-state index contributed by atoms with van der Waals surface area (Å²) in [6.45, 7) is 1.54. The molecule has 1 amide bonds. The highest BCUT2D eigenvalue weighted by atomic mass is 19.1. The summed E-state index contributed by atoms with van der Waals surface area (Å²) in [6, 6.07) is 4.75. The summed E-state index contributed by atoms with van der Waals surface area (Å²) in [7, 11) is 1.41. The number of nitrogens with zero attached hydrogens (tertiary/aromatic N) is 1. The van der Waals surface area contributed by atoms with Gasteiger partial charge in [0.1, 0.15) is 0 Å². The van der Waals surface area contributed by atoms with Crippen LogP contribution < -0.4 is 4.74 Å². The molecule has 1 saturated carbocycles. The fraction of sp³-hybridized carbons (Fsp3) is 0.562. The van der Waals surface area contributed by atoms with Gasteiger partial charge in [-0.2, -0.15) is 0 Å². The zero-order chi connectivity index (χ0) is 14.1. The Bertz CT molecular complexity index is 505. The number of benzene rings is 1. The molecule has 0 N–H and O–H groups in total. The molecular formula is C16H20FNO2. The van der Waals surface area contributed by atoms with E-state index in [1.807, 2.05) is 4.90 Å². The van der Waals surface area contributed by atoms with Gasteiger partial charge in [-0.05, 0) is 43.2 Å². The Morgan fingerprint density at radius 1 is 1.30 bits per heavy atom. The van der Waals surface area contributed by atoms with E-state index in [-0.39, 0.29) is 17.2 Å². The maximum atomic E-state index is 14.2. The first-order chi connectivity index (χ1) is 9.69. The number of methoxy groups -OCH3 is 1. The second kappa shape index (κ2) is 5.43. The van der Waals surface area contributed by atoms with E-state index in [0.717, 1.165) is 13.1 Å². The summed E-state index contributed by atoms with van der Waals surface area (Å²) in [6.07, 6.45) is 4.89. The van der Waals surface area contributed by atoms with E-state index in [1.54, 1.807) is 12.1 Å². The van der Waals surface area contributed by atoms with Crippen molar-refractivity contribution in [1.29, 1.82) is 0 Å². The van der Waals surface area contributed by atoms with E-state index in [4.69, 9.17) is 4.74 Å². The third kappa shape index (κ3) is 2.39. The van der Waals surface area contributed by atoms with Gasteiger partial charge in [0.2, 0.25) is 0 Å². The highest BCUT2D eigenvalue weighted by molar-refractivity contribution is 5.95. The van der Waals surface area contributed by atoms with E-state index in [0.29, 0.717) is 11.8 Å². The zero-order valence-corrected chi connectivity index (χ0v) is 11.8. The van der Waals surface area contributed by atoms with Crippen molar-refractivity contribution in [2.75, 3.05) is 20.2 Å². The standard InChI is InChI=1S/C16H20FNO2/c1-20-14-7-3-6-13(15(14)17)16(19)18-9-11-4-2-5-12(8-11)10-18/h3,6-7,11-12H,2,4-5,8-10H2,1H3. The summed E-state index contributed by atoms with van der Waals surface area (Å²) in [5.41, 5.74) is 0.129. The third-order valence-electron chi connectivity index (χ3n) is 4.55. The Balaban J connectivity index is 1.82. The van der Waals surface area contributed by atoms with Crippen molar-refractivity contribution < 1.29 is 13.9 Å². The average molecular weight is 277 g/mol. The Kier molecular flexibility index (Phi) is 3.64. The highest BCUT2D eigenvalue weighted by Crippen LogP contribution is 2.35. The van der Waals surface area contributed by atoms with E-state index >= 15 is 0 Å². The van der Waals surface area contributed by atoms with Gasteiger partial charge in [-0.25, -0.2) is 4.39 Å². The van der Waals surface area contributed by atoms with E-state index < -0.39 is 5.82 Å². The van der Waals surface area contributed by atoms with Crippen LogP contribution in [0.2, 0.25) is 0 Å². The van der Waals surface area contributed by atoms with Crippen LogP contribution in [0.4, 0.5) is 4.39 Å². The normalized spacial score (nSPS) is 25.4.